The number of hydrogen-bond acceptors (Lipinski definition) is 3. The summed E-state index contributed by atoms with van der Waals surface area (Å²) in [6.45, 7) is 1.89. The molecule has 0 spiro atoms. The van der Waals surface area contributed by atoms with Crippen LogP contribution in [0.3, 0.4) is 0 Å². The second-order valence-electron chi connectivity index (χ2n) is 5.82. The summed E-state index contributed by atoms with van der Waals surface area (Å²) in [4.78, 5) is 14.0. The Labute approximate surface area is 141 Å². The molecule has 2 atom stereocenters. The molecule has 0 aromatic heterocycles. The minimum absolute atomic E-state index is 0.0689. The third-order valence-electron chi connectivity index (χ3n) is 4.18. The first-order valence-corrected chi connectivity index (χ1v) is 9.68. The van der Waals surface area contributed by atoms with E-state index in [1.807, 2.05) is 6.92 Å². The van der Waals surface area contributed by atoms with Crippen molar-refractivity contribution in [3.8, 4) is 0 Å². The summed E-state index contributed by atoms with van der Waals surface area (Å²) in [6, 6.07) is 4.99. The standard InChI is InChI=1S/C15H19Cl2NO3S/c1-10(13-4-3-12(16)8-14(13)17)18(2)15(19)7-11-5-6-22(20,21)9-11/h3-4,8,10-11H,5-7,9H2,1-2H3. The summed E-state index contributed by atoms with van der Waals surface area (Å²) in [7, 11) is -1.25. The number of carbonyl (C=O) groups is 1. The number of benzene rings is 1. The number of amides is 1. The lowest BCUT2D eigenvalue weighted by Crippen LogP contribution is -2.31. The molecule has 1 saturated heterocycles. The Hall–Kier alpha value is -0.780. The molecule has 0 aliphatic carbocycles. The molecule has 0 N–H and O–H groups in total. The van der Waals surface area contributed by atoms with Crippen LogP contribution in [0.4, 0.5) is 0 Å². The normalized spacial score (nSPS) is 21.5. The van der Waals surface area contributed by atoms with Gasteiger partial charge in [0, 0.05) is 23.5 Å². The molecule has 1 heterocycles. The van der Waals surface area contributed by atoms with Crippen LogP contribution >= 0.6 is 23.2 Å². The van der Waals surface area contributed by atoms with E-state index >= 15 is 0 Å². The van der Waals surface area contributed by atoms with Gasteiger partial charge in [-0.3, -0.25) is 4.79 Å². The van der Waals surface area contributed by atoms with Crippen molar-refractivity contribution in [2.45, 2.75) is 25.8 Å². The molecule has 1 amide bonds. The molecule has 0 saturated carbocycles. The van der Waals surface area contributed by atoms with Gasteiger partial charge >= 0.3 is 0 Å². The summed E-state index contributed by atoms with van der Waals surface area (Å²) in [5, 5.41) is 1.06. The van der Waals surface area contributed by atoms with E-state index in [1.165, 1.54) is 0 Å². The number of halogens is 2. The Morgan fingerprint density at radius 1 is 1.41 bits per heavy atom. The molecular weight excluding hydrogens is 345 g/mol. The molecule has 122 valence electrons. The molecular formula is C15H19Cl2NO3S. The smallest absolute Gasteiger partial charge is 0.223 e. The number of rotatable bonds is 4. The van der Waals surface area contributed by atoms with Gasteiger partial charge in [0.1, 0.15) is 0 Å². The van der Waals surface area contributed by atoms with E-state index in [0.29, 0.717) is 16.5 Å². The van der Waals surface area contributed by atoms with E-state index in [0.717, 1.165) is 5.56 Å². The maximum Gasteiger partial charge on any atom is 0.223 e. The molecule has 1 aliphatic heterocycles. The third-order valence-corrected chi connectivity index (χ3v) is 6.58. The van der Waals surface area contributed by atoms with Crippen LogP contribution in [-0.2, 0) is 14.6 Å². The van der Waals surface area contributed by atoms with Gasteiger partial charge in [-0.05, 0) is 37.0 Å². The zero-order chi connectivity index (χ0) is 16.5. The highest BCUT2D eigenvalue weighted by Crippen LogP contribution is 2.30. The molecule has 0 radical (unpaired) electrons. The minimum Gasteiger partial charge on any atom is -0.339 e. The molecule has 2 rings (SSSR count). The van der Waals surface area contributed by atoms with E-state index < -0.39 is 9.84 Å². The second kappa shape index (κ2) is 6.77. The fourth-order valence-electron chi connectivity index (χ4n) is 2.69. The largest absolute Gasteiger partial charge is 0.339 e. The highest BCUT2D eigenvalue weighted by atomic mass is 35.5. The van der Waals surface area contributed by atoms with Gasteiger partial charge in [-0.2, -0.15) is 0 Å². The van der Waals surface area contributed by atoms with Gasteiger partial charge in [0.2, 0.25) is 5.91 Å². The first-order valence-electron chi connectivity index (χ1n) is 7.10. The van der Waals surface area contributed by atoms with Crippen molar-refractivity contribution >= 4 is 38.9 Å². The van der Waals surface area contributed by atoms with Gasteiger partial charge < -0.3 is 4.90 Å². The van der Waals surface area contributed by atoms with Crippen molar-refractivity contribution < 1.29 is 13.2 Å². The van der Waals surface area contributed by atoms with Crippen LogP contribution in [0.15, 0.2) is 18.2 Å². The highest BCUT2D eigenvalue weighted by molar-refractivity contribution is 7.91. The van der Waals surface area contributed by atoms with Crippen LogP contribution in [0.2, 0.25) is 10.0 Å². The predicted octanol–water partition coefficient (Wildman–Crippen LogP) is 3.34. The zero-order valence-corrected chi connectivity index (χ0v) is 14.9. The first-order chi connectivity index (χ1) is 10.2. The number of nitrogens with zero attached hydrogens (tertiary/aromatic N) is 1. The topological polar surface area (TPSA) is 54.5 Å². The van der Waals surface area contributed by atoms with E-state index in [4.69, 9.17) is 23.2 Å². The SMILES string of the molecule is CC(c1ccc(Cl)cc1Cl)N(C)C(=O)CC1CCS(=O)(=O)C1. The Morgan fingerprint density at radius 2 is 2.09 bits per heavy atom. The Bertz CT molecular complexity index is 675. The monoisotopic (exact) mass is 363 g/mol. The average Bonchev–Trinajstić information content (AvgIpc) is 2.76. The van der Waals surface area contributed by atoms with Crippen LogP contribution in [0.5, 0.6) is 0 Å². The van der Waals surface area contributed by atoms with Gasteiger partial charge in [-0.25, -0.2) is 8.42 Å². The lowest BCUT2D eigenvalue weighted by molar-refractivity contribution is -0.132. The summed E-state index contributed by atoms with van der Waals surface area (Å²) in [5.41, 5.74) is 0.820. The molecule has 1 aliphatic rings. The Kier molecular flexibility index (Phi) is 5.41. The van der Waals surface area contributed by atoms with Crippen LogP contribution in [0.25, 0.3) is 0 Å². The average molecular weight is 364 g/mol. The van der Waals surface area contributed by atoms with E-state index in [9.17, 15) is 13.2 Å². The van der Waals surface area contributed by atoms with Gasteiger partial charge in [-0.1, -0.05) is 29.3 Å². The number of sulfone groups is 1. The maximum absolute atomic E-state index is 12.4. The lowest BCUT2D eigenvalue weighted by atomic mass is 10.0. The van der Waals surface area contributed by atoms with Crippen molar-refractivity contribution in [1.29, 1.82) is 0 Å². The van der Waals surface area contributed by atoms with E-state index in [-0.39, 0.29) is 35.8 Å². The van der Waals surface area contributed by atoms with Gasteiger partial charge in [-0.15, -0.1) is 0 Å². The Balaban J connectivity index is 2.03. The molecule has 1 aromatic rings. The molecule has 0 bridgehead atoms. The van der Waals surface area contributed by atoms with Crippen molar-refractivity contribution in [3.05, 3.63) is 33.8 Å². The second-order valence-corrected chi connectivity index (χ2v) is 8.89. The fourth-order valence-corrected chi connectivity index (χ4v) is 5.12. The third kappa shape index (κ3) is 4.15. The van der Waals surface area contributed by atoms with Crippen LogP contribution in [0.1, 0.15) is 31.4 Å². The summed E-state index contributed by atoms with van der Waals surface area (Å²) in [6.07, 6.45) is 0.823. The molecule has 1 aromatic carbocycles. The Morgan fingerprint density at radius 3 is 2.64 bits per heavy atom. The molecule has 7 heteroatoms. The highest BCUT2D eigenvalue weighted by Gasteiger charge is 2.31. The van der Waals surface area contributed by atoms with Crippen LogP contribution in [-0.4, -0.2) is 37.8 Å². The number of hydrogen-bond donors (Lipinski definition) is 0. The van der Waals surface area contributed by atoms with Gasteiger partial charge in [0.05, 0.1) is 17.5 Å². The van der Waals surface area contributed by atoms with Gasteiger partial charge in [0.25, 0.3) is 0 Å². The summed E-state index contributed by atoms with van der Waals surface area (Å²) < 4.78 is 22.9. The number of carbonyl (C=O) groups excluding carboxylic acids is 1. The van der Waals surface area contributed by atoms with E-state index in [1.54, 1.807) is 30.1 Å². The van der Waals surface area contributed by atoms with Gasteiger partial charge in [0.15, 0.2) is 9.84 Å². The van der Waals surface area contributed by atoms with Crippen molar-refractivity contribution in [2.24, 2.45) is 5.92 Å². The molecule has 22 heavy (non-hydrogen) atoms. The van der Waals surface area contributed by atoms with Crippen molar-refractivity contribution in [3.63, 3.8) is 0 Å². The van der Waals surface area contributed by atoms with Crippen molar-refractivity contribution in [2.75, 3.05) is 18.6 Å². The quantitative estimate of drug-likeness (QED) is 0.824. The first kappa shape index (κ1) is 17.6. The van der Waals surface area contributed by atoms with Crippen molar-refractivity contribution in [1.82, 2.24) is 4.90 Å². The molecule has 4 nitrogen and oxygen atoms in total. The minimum atomic E-state index is -2.96. The van der Waals surface area contributed by atoms with Crippen LogP contribution in [0, 0.1) is 5.92 Å². The molecule has 2 unspecified atom stereocenters. The van der Waals surface area contributed by atoms with E-state index in [2.05, 4.69) is 0 Å². The maximum atomic E-state index is 12.4. The molecule has 1 fully saturated rings. The fraction of sp³-hybridized carbons (Fsp3) is 0.533. The predicted molar refractivity (Wildman–Crippen MR) is 89.0 cm³/mol. The summed E-state index contributed by atoms with van der Waals surface area (Å²) >= 11 is 12.1. The van der Waals surface area contributed by atoms with Crippen LogP contribution < -0.4 is 0 Å². The zero-order valence-electron chi connectivity index (χ0n) is 12.6. The summed E-state index contributed by atoms with van der Waals surface area (Å²) in [5.74, 6) is 0.157. The lowest BCUT2D eigenvalue weighted by Gasteiger charge is -2.27.